The molecule has 2 N–H and O–H groups in total. The standard InChI is InChI=1S/C19H32N2O2/c1-19(2,3)17-6-4-16(5-7-17)18(23)8-9-20-10-12-21(13-11-20)14-15-22/h4-7,18,22-23H,8-15H2,1-3H3. The Morgan fingerprint density at radius 2 is 1.48 bits per heavy atom. The first-order valence-electron chi connectivity index (χ1n) is 8.74. The van der Waals surface area contributed by atoms with Gasteiger partial charge >= 0.3 is 0 Å². The predicted octanol–water partition coefficient (Wildman–Crippen LogP) is 2.02. The molecule has 0 bridgehead atoms. The molecular weight excluding hydrogens is 288 g/mol. The molecule has 0 spiro atoms. The third kappa shape index (κ3) is 5.57. The maximum atomic E-state index is 10.4. The summed E-state index contributed by atoms with van der Waals surface area (Å²) < 4.78 is 0. The highest BCUT2D eigenvalue weighted by Crippen LogP contribution is 2.25. The first-order chi connectivity index (χ1) is 10.9. The van der Waals surface area contributed by atoms with Crippen molar-refractivity contribution in [2.75, 3.05) is 45.9 Å². The van der Waals surface area contributed by atoms with Gasteiger partial charge in [-0.25, -0.2) is 0 Å². The number of nitrogens with zero attached hydrogens (tertiary/aromatic N) is 2. The lowest BCUT2D eigenvalue weighted by atomic mass is 9.86. The van der Waals surface area contributed by atoms with Crippen molar-refractivity contribution < 1.29 is 10.2 Å². The second kappa shape index (κ2) is 8.25. The van der Waals surface area contributed by atoms with Gasteiger partial charge in [0.2, 0.25) is 0 Å². The maximum Gasteiger partial charge on any atom is 0.0802 e. The molecule has 2 rings (SSSR count). The van der Waals surface area contributed by atoms with Crippen LogP contribution < -0.4 is 0 Å². The molecule has 1 aliphatic heterocycles. The molecular formula is C19H32N2O2. The number of rotatable bonds is 6. The Kier molecular flexibility index (Phi) is 6.60. The molecule has 1 unspecified atom stereocenters. The summed E-state index contributed by atoms with van der Waals surface area (Å²) in [4.78, 5) is 4.69. The van der Waals surface area contributed by atoms with Crippen LogP contribution in [0.5, 0.6) is 0 Å². The van der Waals surface area contributed by atoms with Gasteiger partial charge in [-0.3, -0.25) is 4.90 Å². The Labute approximate surface area is 140 Å². The van der Waals surface area contributed by atoms with E-state index in [1.54, 1.807) is 0 Å². The van der Waals surface area contributed by atoms with E-state index in [0.717, 1.165) is 51.3 Å². The highest BCUT2D eigenvalue weighted by molar-refractivity contribution is 5.28. The molecule has 0 amide bonds. The number of β-amino-alcohol motifs (C(OH)–C–C–N with tert-alkyl or cyclic N) is 1. The van der Waals surface area contributed by atoms with Crippen molar-refractivity contribution >= 4 is 0 Å². The van der Waals surface area contributed by atoms with E-state index in [9.17, 15) is 5.11 Å². The van der Waals surface area contributed by atoms with Gasteiger partial charge in [0.15, 0.2) is 0 Å². The molecule has 23 heavy (non-hydrogen) atoms. The Hall–Kier alpha value is -0.940. The first kappa shape index (κ1) is 18.4. The summed E-state index contributed by atoms with van der Waals surface area (Å²) in [5.74, 6) is 0. The summed E-state index contributed by atoms with van der Waals surface area (Å²) in [5, 5.41) is 19.4. The molecule has 130 valence electrons. The number of aliphatic hydroxyl groups is 2. The Morgan fingerprint density at radius 3 is 1.96 bits per heavy atom. The summed E-state index contributed by atoms with van der Waals surface area (Å²) in [7, 11) is 0. The van der Waals surface area contributed by atoms with Crippen LogP contribution in [0.1, 0.15) is 44.4 Å². The quantitative estimate of drug-likeness (QED) is 0.842. The minimum Gasteiger partial charge on any atom is -0.395 e. The van der Waals surface area contributed by atoms with Gasteiger partial charge in [-0.05, 0) is 23.0 Å². The van der Waals surface area contributed by atoms with Crippen molar-refractivity contribution in [1.29, 1.82) is 0 Å². The molecule has 4 heteroatoms. The van der Waals surface area contributed by atoms with Crippen LogP contribution in [-0.4, -0.2) is 65.9 Å². The third-order valence-corrected chi connectivity index (χ3v) is 4.76. The molecule has 1 aromatic rings. The van der Waals surface area contributed by atoms with Crippen molar-refractivity contribution in [3.8, 4) is 0 Å². The zero-order chi connectivity index (χ0) is 16.9. The van der Waals surface area contributed by atoms with E-state index in [1.165, 1.54) is 5.56 Å². The van der Waals surface area contributed by atoms with Gasteiger partial charge in [-0.2, -0.15) is 0 Å². The van der Waals surface area contributed by atoms with Crippen molar-refractivity contribution in [2.24, 2.45) is 0 Å². The predicted molar refractivity (Wildman–Crippen MR) is 94.7 cm³/mol. The van der Waals surface area contributed by atoms with E-state index in [-0.39, 0.29) is 18.1 Å². The molecule has 1 saturated heterocycles. The fourth-order valence-electron chi connectivity index (χ4n) is 3.05. The van der Waals surface area contributed by atoms with E-state index in [1.807, 2.05) is 0 Å². The van der Waals surface area contributed by atoms with Crippen LogP contribution in [0.15, 0.2) is 24.3 Å². The number of aliphatic hydroxyl groups excluding tert-OH is 2. The Bertz CT molecular complexity index is 459. The largest absolute Gasteiger partial charge is 0.395 e. The Morgan fingerprint density at radius 1 is 0.957 bits per heavy atom. The van der Waals surface area contributed by atoms with Gasteiger partial charge in [-0.15, -0.1) is 0 Å². The van der Waals surface area contributed by atoms with E-state index >= 15 is 0 Å². The Balaban J connectivity index is 1.78. The second-order valence-electron chi connectivity index (χ2n) is 7.58. The summed E-state index contributed by atoms with van der Waals surface area (Å²) in [6.07, 6.45) is 0.383. The lowest BCUT2D eigenvalue weighted by molar-refractivity contribution is 0.0923. The smallest absolute Gasteiger partial charge is 0.0802 e. The molecule has 1 aliphatic rings. The minimum atomic E-state index is -0.389. The van der Waals surface area contributed by atoms with Crippen LogP contribution in [-0.2, 0) is 5.41 Å². The van der Waals surface area contributed by atoms with Gasteiger partial charge < -0.3 is 15.1 Å². The van der Waals surface area contributed by atoms with Gasteiger partial charge in [0.1, 0.15) is 0 Å². The van der Waals surface area contributed by atoms with Gasteiger partial charge in [0.05, 0.1) is 12.7 Å². The highest BCUT2D eigenvalue weighted by Gasteiger charge is 2.18. The zero-order valence-electron chi connectivity index (χ0n) is 14.8. The van der Waals surface area contributed by atoms with Crippen molar-refractivity contribution in [1.82, 2.24) is 9.80 Å². The molecule has 0 aliphatic carbocycles. The van der Waals surface area contributed by atoms with Crippen LogP contribution in [0.4, 0.5) is 0 Å². The van der Waals surface area contributed by atoms with Gasteiger partial charge in [0, 0.05) is 39.3 Å². The van der Waals surface area contributed by atoms with Crippen LogP contribution in [0.25, 0.3) is 0 Å². The van der Waals surface area contributed by atoms with Crippen LogP contribution in [0, 0.1) is 0 Å². The molecule has 1 atom stereocenters. The number of benzene rings is 1. The number of hydrogen-bond donors (Lipinski definition) is 2. The van der Waals surface area contributed by atoms with Crippen LogP contribution >= 0.6 is 0 Å². The lowest BCUT2D eigenvalue weighted by Crippen LogP contribution is -2.47. The maximum absolute atomic E-state index is 10.4. The molecule has 0 aromatic heterocycles. The van der Waals surface area contributed by atoms with Gasteiger partial charge in [-0.1, -0.05) is 45.0 Å². The monoisotopic (exact) mass is 320 g/mol. The molecule has 0 saturated carbocycles. The molecule has 0 radical (unpaired) electrons. The van der Waals surface area contributed by atoms with Gasteiger partial charge in [0.25, 0.3) is 0 Å². The molecule has 4 nitrogen and oxygen atoms in total. The third-order valence-electron chi connectivity index (χ3n) is 4.76. The molecule has 1 heterocycles. The molecule has 1 aromatic carbocycles. The average Bonchev–Trinajstić information content (AvgIpc) is 2.53. The lowest BCUT2D eigenvalue weighted by Gasteiger charge is -2.34. The summed E-state index contributed by atoms with van der Waals surface area (Å²) in [5.41, 5.74) is 2.46. The van der Waals surface area contributed by atoms with Crippen molar-refractivity contribution in [3.63, 3.8) is 0 Å². The SMILES string of the molecule is CC(C)(C)c1ccc(C(O)CCN2CCN(CCO)CC2)cc1. The van der Waals surface area contributed by atoms with E-state index in [4.69, 9.17) is 5.11 Å². The fraction of sp³-hybridized carbons (Fsp3) is 0.684. The zero-order valence-corrected chi connectivity index (χ0v) is 14.8. The first-order valence-corrected chi connectivity index (χ1v) is 8.74. The second-order valence-corrected chi connectivity index (χ2v) is 7.58. The van der Waals surface area contributed by atoms with Crippen LogP contribution in [0.3, 0.4) is 0 Å². The number of hydrogen-bond acceptors (Lipinski definition) is 4. The topological polar surface area (TPSA) is 46.9 Å². The summed E-state index contributed by atoms with van der Waals surface area (Å²) in [6.45, 7) is 12.6. The minimum absolute atomic E-state index is 0.151. The van der Waals surface area contributed by atoms with Crippen molar-refractivity contribution in [2.45, 2.75) is 38.7 Å². The fourth-order valence-corrected chi connectivity index (χ4v) is 3.05. The number of piperazine rings is 1. The van der Waals surface area contributed by atoms with Crippen molar-refractivity contribution in [3.05, 3.63) is 35.4 Å². The normalized spacial score (nSPS) is 19.0. The summed E-state index contributed by atoms with van der Waals surface area (Å²) >= 11 is 0. The van der Waals surface area contributed by atoms with E-state index < -0.39 is 0 Å². The molecule has 1 fully saturated rings. The van der Waals surface area contributed by atoms with E-state index in [0.29, 0.717) is 0 Å². The van der Waals surface area contributed by atoms with Crippen LogP contribution in [0.2, 0.25) is 0 Å². The average molecular weight is 320 g/mol. The summed E-state index contributed by atoms with van der Waals surface area (Å²) in [6, 6.07) is 8.38. The van der Waals surface area contributed by atoms with E-state index in [2.05, 4.69) is 54.8 Å². The highest BCUT2D eigenvalue weighted by atomic mass is 16.3.